The maximum absolute atomic E-state index is 9.96. The normalized spacial score (nSPS) is 12.8. The van der Waals surface area contributed by atoms with Crippen molar-refractivity contribution in [3.63, 3.8) is 0 Å². The Morgan fingerprint density at radius 1 is 1.08 bits per heavy atom. The predicted octanol–water partition coefficient (Wildman–Crippen LogP) is 1.27. The molecule has 0 radical (unpaired) electrons. The van der Waals surface area contributed by atoms with E-state index in [2.05, 4.69) is 0 Å². The van der Waals surface area contributed by atoms with E-state index >= 15 is 0 Å². The van der Waals surface area contributed by atoms with Gasteiger partial charge in [0.25, 0.3) is 0 Å². The lowest BCUT2D eigenvalue weighted by Gasteiger charge is -2.05. The zero-order valence-electron chi connectivity index (χ0n) is 8.11. The smallest absolute Gasteiger partial charge is 0.119 e. The summed E-state index contributed by atoms with van der Waals surface area (Å²) in [6.07, 6.45) is 6.99. The molecule has 0 heterocycles. The van der Waals surface area contributed by atoms with E-state index in [1.165, 1.54) is 0 Å². The Morgan fingerprint density at radius 3 is 2.31 bits per heavy atom. The third-order valence-corrected chi connectivity index (χ3v) is 2.07. The van der Waals surface area contributed by atoms with Gasteiger partial charge in [0, 0.05) is 6.42 Å². The van der Waals surface area contributed by atoms with Crippen LogP contribution in [-0.4, -0.2) is 29.2 Å². The van der Waals surface area contributed by atoms with E-state index in [0.29, 0.717) is 12.8 Å². The summed E-state index contributed by atoms with van der Waals surface area (Å²) in [5.41, 5.74) is 0. The van der Waals surface area contributed by atoms with Gasteiger partial charge in [0.2, 0.25) is 0 Å². The molecule has 0 fully saturated rings. The number of rotatable bonds is 9. The first-order valence-corrected chi connectivity index (χ1v) is 5.03. The van der Waals surface area contributed by atoms with Crippen LogP contribution in [0.2, 0.25) is 0 Å². The third-order valence-electron chi connectivity index (χ3n) is 2.07. The molecule has 0 rings (SSSR count). The number of aliphatic hydroxyl groups is 2. The Morgan fingerprint density at radius 2 is 1.69 bits per heavy atom. The average Bonchev–Trinajstić information content (AvgIpc) is 2.16. The lowest BCUT2D eigenvalue weighted by Crippen LogP contribution is -2.10. The number of hydrogen-bond donors (Lipinski definition) is 2. The first kappa shape index (κ1) is 12.6. The topological polar surface area (TPSA) is 57.5 Å². The van der Waals surface area contributed by atoms with E-state index in [1.807, 2.05) is 0 Å². The molecule has 2 N–H and O–H groups in total. The zero-order chi connectivity index (χ0) is 9.94. The van der Waals surface area contributed by atoms with E-state index in [4.69, 9.17) is 10.2 Å². The molecule has 0 aromatic heterocycles. The van der Waals surface area contributed by atoms with Crippen molar-refractivity contribution in [1.29, 1.82) is 0 Å². The standard InChI is InChI=1S/C10H20O3/c11-8-6-4-2-1-3-5-7-10(13)9-12/h8,10,12-13H,1-7,9H2. The molecule has 1 atom stereocenters. The molecule has 0 aliphatic heterocycles. The van der Waals surface area contributed by atoms with E-state index in [-0.39, 0.29) is 6.61 Å². The molecule has 0 saturated carbocycles. The summed E-state index contributed by atoms with van der Waals surface area (Å²) in [5.74, 6) is 0. The first-order chi connectivity index (χ1) is 6.31. The van der Waals surface area contributed by atoms with Crippen LogP contribution < -0.4 is 0 Å². The van der Waals surface area contributed by atoms with Crippen molar-refractivity contribution in [2.24, 2.45) is 0 Å². The molecule has 0 aliphatic carbocycles. The van der Waals surface area contributed by atoms with Gasteiger partial charge in [-0.05, 0) is 12.8 Å². The van der Waals surface area contributed by atoms with Gasteiger partial charge >= 0.3 is 0 Å². The summed E-state index contributed by atoms with van der Waals surface area (Å²) in [6.45, 7) is -0.134. The summed E-state index contributed by atoms with van der Waals surface area (Å²) in [7, 11) is 0. The van der Waals surface area contributed by atoms with Gasteiger partial charge in [-0.1, -0.05) is 25.7 Å². The Hall–Kier alpha value is -0.410. The number of unbranched alkanes of at least 4 members (excludes halogenated alkanes) is 5. The molecule has 0 amide bonds. The Kier molecular flexibility index (Phi) is 9.37. The van der Waals surface area contributed by atoms with Crippen molar-refractivity contribution in [2.45, 2.75) is 51.0 Å². The van der Waals surface area contributed by atoms with Gasteiger partial charge in [-0.15, -0.1) is 0 Å². The van der Waals surface area contributed by atoms with Gasteiger partial charge in [0.15, 0.2) is 0 Å². The van der Waals surface area contributed by atoms with Gasteiger partial charge < -0.3 is 15.0 Å². The van der Waals surface area contributed by atoms with Crippen LogP contribution in [0.15, 0.2) is 0 Å². The van der Waals surface area contributed by atoms with Gasteiger partial charge in [-0.3, -0.25) is 0 Å². The highest BCUT2D eigenvalue weighted by Crippen LogP contribution is 2.07. The van der Waals surface area contributed by atoms with E-state index in [0.717, 1.165) is 38.4 Å². The van der Waals surface area contributed by atoms with E-state index in [9.17, 15) is 4.79 Å². The van der Waals surface area contributed by atoms with Crippen molar-refractivity contribution in [3.8, 4) is 0 Å². The molecule has 0 saturated heterocycles. The second-order valence-electron chi connectivity index (χ2n) is 3.35. The molecular formula is C10H20O3. The second kappa shape index (κ2) is 9.68. The maximum atomic E-state index is 9.96. The second-order valence-corrected chi connectivity index (χ2v) is 3.35. The van der Waals surface area contributed by atoms with Crippen LogP contribution in [0.4, 0.5) is 0 Å². The Labute approximate surface area is 79.8 Å². The predicted molar refractivity (Wildman–Crippen MR) is 51.5 cm³/mol. The molecule has 3 nitrogen and oxygen atoms in total. The molecule has 1 unspecified atom stereocenters. The minimum absolute atomic E-state index is 0.134. The van der Waals surface area contributed by atoms with Crippen molar-refractivity contribution >= 4 is 6.29 Å². The summed E-state index contributed by atoms with van der Waals surface area (Å²) in [4.78, 5) is 9.96. The third kappa shape index (κ3) is 9.50. The van der Waals surface area contributed by atoms with Crippen molar-refractivity contribution in [1.82, 2.24) is 0 Å². The minimum atomic E-state index is -0.546. The van der Waals surface area contributed by atoms with Gasteiger partial charge in [0.1, 0.15) is 6.29 Å². The highest BCUT2D eigenvalue weighted by atomic mass is 16.3. The van der Waals surface area contributed by atoms with E-state index in [1.54, 1.807) is 0 Å². The quantitative estimate of drug-likeness (QED) is 0.423. The zero-order valence-corrected chi connectivity index (χ0v) is 8.11. The fourth-order valence-electron chi connectivity index (χ4n) is 1.23. The van der Waals surface area contributed by atoms with Gasteiger partial charge in [-0.2, -0.15) is 0 Å². The van der Waals surface area contributed by atoms with Crippen molar-refractivity contribution in [3.05, 3.63) is 0 Å². The summed E-state index contributed by atoms with van der Waals surface area (Å²) < 4.78 is 0. The molecule has 0 aromatic carbocycles. The summed E-state index contributed by atoms with van der Waals surface area (Å²) in [6, 6.07) is 0. The van der Waals surface area contributed by atoms with Crippen LogP contribution in [0.25, 0.3) is 0 Å². The lowest BCUT2D eigenvalue weighted by molar-refractivity contribution is -0.107. The van der Waals surface area contributed by atoms with Crippen LogP contribution in [0.1, 0.15) is 44.9 Å². The Bertz CT molecular complexity index is 115. The maximum Gasteiger partial charge on any atom is 0.119 e. The van der Waals surface area contributed by atoms with Crippen LogP contribution in [0, 0.1) is 0 Å². The average molecular weight is 188 g/mol. The molecule has 0 aliphatic rings. The van der Waals surface area contributed by atoms with Crippen LogP contribution in [0.5, 0.6) is 0 Å². The molecule has 0 aromatic rings. The Balaban J connectivity index is 2.95. The van der Waals surface area contributed by atoms with Crippen LogP contribution >= 0.6 is 0 Å². The van der Waals surface area contributed by atoms with Crippen molar-refractivity contribution < 1.29 is 15.0 Å². The van der Waals surface area contributed by atoms with Gasteiger partial charge in [0.05, 0.1) is 12.7 Å². The number of aliphatic hydroxyl groups excluding tert-OH is 2. The highest BCUT2D eigenvalue weighted by molar-refractivity contribution is 5.48. The minimum Gasteiger partial charge on any atom is -0.394 e. The number of carbonyl (C=O) groups is 1. The molecule has 3 heteroatoms. The molecular weight excluding hydrogens is 168 g/mol. The number of carbonyl (C=O) groups excluding carboxylic acids is 1. The van der Waals surface area contributed by atoms with E-state index < -0.39 is 6.10 Å². The number of hydrogen-bond acceptors (Lipinski definition) is 3. The SMILES string of the molecule is O=CCCCCCCCC(O)CO. The molecule has 0 bridgehead atoms. The fourth-order valence-corrected chi connectivity index (χ4v) is 1.23. The largest absolute Gasteiger partial charge is 0.394 e. The van der Waals surface area contributed by atoms with Crippen LogP contribution in [0.3, 0.4) is 0 Å². The highest BCUT2D eigenvalue weighted by Gasteiger charge is 2.00. The summed E-state index contributed by atoms with van der Waals surface area (Å²) in [5, 5.41) is 17.5. The lowest BCUT2D eigenvalue weighted by atomic mass is 10.1. The number of aldehydes is 1. The molecule has 0 spiro atoms. The first-order valence-electron chi connectivity index (χ1n) is 5.03. The monoisotopic (exact) mass is 188 g/mol. The van der Waals surface area contributed by atoms with Gasteiger partial charge in [-0.25, -0.2) is 0 Å². The van der Waals surface area contributed by atoms with Crippen molar-refractivity contribution in [2.75, 3.05) is 6.61 Å². The summed E-state index contributed by atoms with van der Waals surface area (Å²) >= 11 is 0. The molecule has 78 valence electrons. The fraction of sp³-hybridized carbons (Fsp3) is 0.900. The molecule has 13 heavy (non-hydrogen) atoms. The van der Waals surface area contributed by atoms with Crippen LogP contribution in [-0.2, 0) is 4.79 Å².